The first-order valence-corrected chi connectivity index (χ1v) is 11.4. The van der Waals surface area contributed by atoms with Crippen molar-refractivity contribution in [2.45, 2.75) is 39.8 Å². The van der Waals surface area contributed by atoms with Crippen molar-refractivity contribution in [1.29, 1.82) is 0 Å². The fourth-order valence-corrected chi connectivity index (χ4v) is 3.85. The lowest BCUT2D eigenvalue weighted by atomic mass is 10.0. The lowest BCUT2D eigenvalue weighted by Crippen LogP contribution is -2.36. The van der Waals surface area contributed by atoms with Gasteiger partial charge in [0, 0.05) is 24.2 Å². The van der Waals surface area contributed by atoms with E-state index in [-0.39, 0.29) is 23.9 Å². The minimum atomic E-state index is -0.622. The van der Waals surface area contributed by atoms with E-state index in [0.29, 0.717) is 12.1 Å². The summed E-state index contributed by atoms with van der Waals surface area (Å²) in [6.45, 7) is 8.12. The number of hydroxylamine groups is 1. The largest absolute Gasteiger partial charge is 0.299 e. The quantitative estimate of drug-likeness (QED) is 0.238. The van der Waals surface area contributed by atoms with Crippen LogP contribution in [0.15, 0.2) is 60.7 Å². The van der Waals surface area contributed by atoms with Crippen molar-refractivity contribution in [2.75, 3.05) is 13.1 Å². The van der Waals surface area contributed by atoms with Crippen LogP contribution in [0.2, 0.25) is 0 Å². The van der Waals surface area contributed by atoms with Gasteiger partial charge in [-0.3, -0.25) is 25.1 Å². The Morgan fingerprint density at radius 1 is 0.794 bits per heavy atom. The number of nitrogens with zero attached hydrogens (tertiary/aromatic N) is 1. The summed E-state index contributed by atoms with van der Waals surface area (Å²) in [5.41, 5.74) is 10.2. The van der Waals surface area contributed by atoms with Crippen LogP contribution in [0, 0.1) is 0 Å². The number of fused-ring (bicyclic) bond motifs is 1. The maximum Gasteiger partial charge on any atom is 0.274 e. The van der Waals surface area contributed by atoms with E-state index in [9.17, 15) is 9.59 Å². The zero-order chi connectivity index (χ0) is 23.6. The van der Waals surface area contributed by atoms with Crippen LogP contribution in [0.3, 0.4) is 0 Å². The van der Waals surface area contributed by atoms with E-state index in [1.165, 1.54) is 40.6 Å². The molecule has 0 fully saturated rings. The van der Waals surface area contributed by atoms with E-state index in [0.717, 1.165) is 38.0 Å². The van der Waals surface area contributed by atoms with Crippen LogP contribution < -0.4 is 16.3 Å². The van der Waals surface area contributed by atoms with Gasteiger partial charge in [-0.25, -0.2) is 10.9 Å². The van der Waals surface area contributed by atoms with Gasteiger partial charge in [-0.15, -0.1) is 12.4 Å². The van der Waals surface area contributed by atoms with E-state index >= 15 is 0 Å². The zero-order valence-corrected chi connectivity index (χ0v) is 20.5. The van der Waals surface area contributed by atoms with E-state index in [1.54, 1.807) is 5.48 Å². The highest BCUT2D eigenvalue weighted by Gasteiger charge is 2.09. The van der Waals surface area contributed by atoms with Gasteiger partial charge in [-0.05, 0) is 84.2 Å². The third-order valence-corrected chi connectivity index (χ3v) is 5.46. The molecule has 34 heavy (non-hydrogen) atoms. The van der Waals surface area contributed by atoms with E-state index < -0.39 is 5.91 Å². The molecule has 0 saturated carbocycles. The maximum atomic E-state index is 12.3. The van der Waals surface area contributed by atoms with Crippen LogP contribution in [0.5, 0.6) is 0 Å². The number of hydrazine groups is 1. The summed E-state index contributed by atoms with van der Waals surface area (Å²) >= 11 is 0. The first kappa shape index (κ1) is 27.3. The molecule has 0 unspecified atom stereocenters. The Morgan fingerprint density at radius 2 is 1.32 bits per heavy atom. The maximum absolute atomic E-state index is 12.3. The number of nitrogens with one attached hydrogen (secondary N) is 3. The number of benzene rings is 3. The topological polar surface area (TPSA) is 93.7 Å². The number of amides is 2. The monoisotopic (exact) mass is 484 g/mol. The van der Waals surface area contributed by atoms with Crippen LogP contribution in [-0.4, -0.2) is 35.0 Å². The number of rotatable bonds is 11. The lowest BCUT2D eigenvalue weighted by Gasteiger charge is -2.21. The molecule has 2 amide bonds. The van der Waals surface area contributed by atoms with Crippen molar-refractivity contribution in [1.82, 2.24) is 21.2 Å². The van der Waals surface area contributed by atoms with Gasteiger partial charge in [0.05, 0.1) is 0 Å². The molecule has 3 aromatic rings. The normalized spacial score (nSPS) is 10.7. The number of hydrogen-bond acceptors (Lipinski definition) is 5. The molecule has 8 heteroatoms. The summed E-state index contributed by atoms with van der Waals surface area (Å²) in [4.78, 5) is 26.1. The van der Waals surface area contributed by atoms with Crippen LogP contribution in [0.4, 0.5) is 0 Å². The summed E-state index contributed by atoms with van der Waals surface area (Å²) in [5, 5.41) is 11.0. The fourth-order valence-electron chi connectivity index (χ4n) is 3.85. The average molecular weight is 485 g/mol. The van der Waals surface area contributed by atoms with Crippen LogP contribution in [-0.2, 0) is 13.1 Å². The predicted octanol–water partition coefficient (Wildman–Crippen LogP) is 4.44. The van der Waals surface area contributed by atoms with Gasteiger partial charge in [-0.2, -0.15) is 0 Å². The standard InChI is InChI=1S/C26H32N4O3.ClH/c1-3-13-30(14-4-2)18-20-6-8-23-15-19(5-7-24(23)16-20)17-27-28-25(31)21-9-11-22(12-10-21)26(32)29-33;/h5-12,15-16,27,33H,3-4,13-14,17-18H2,1-2H3,(H,28,31)(H,29,32);1H. The van der Waals surface area contributed by atoms with Gasteiger partial charge >= 0.3 is 0 Å². The molecule has 0 aromatic heterocycles. The molecule has 7 nitrogen and oxygen atoms in total. The molecule has 3 rings (SSSR count). The molecule has 0 atom stereocenters. The van der Waals surface area contributed by atoms with E-state index in [2.05, 4.69) is 66.0 Å². The summed E-state index contributed by atoms with van der Waals surface area (Å²) in [5.74, 6) is -0.928. The summed E-state index contributed by atoms with van der Waals surface area (Å²) in [6.07, 6.45) is 2.32. The first-order valence-electron chi connectivity index (χ1n) is 11.4. The first-order chi connectivity index (χ1) is 16.0. The van der Waals surface area contributed by atoms with Gasteiger partial charge in [0.25, 0.3) is 11.8 Å². The average Bonchev–Trinajstić information content (AvgIpc) is 2.84. The fraction of sp³-hybridized carbons (Fsp3) is 0.308. The lowest BCUT2D eigenvalue weighted by molar-refractivity contribution is 0.0706. The van der Waals surface area contributed by atoms with Crippen molar-refractivity contribution in [3.63, 3.8) is 0 Å². The Morgan fingerprint density at radius 3 is 1.88 bits per heavy atom. The smallest absolute Gasteiger partial charge is 0.274 e. The van der Waals surface area contributed by atoms with Crippen LogP contribution in [0.25, 0.3) is 10.8 Å². The number of carbonyl (C=O) groups excluding carboxylic acids is 2. The number of halogens is 1. The molecule has 0 aliphatic rings. The highest BCUT2D eigenvalue weighted by Crippen LogP contribution is 2.19. The highest BCUT2D eigenvalue weighted by atomic mass is 35.5. The third kappa shape index (κ3) is 7.53. The molecule has 3 aromatic carbocycles. The predicted molar refractivity (Wildman–Crippen MR) is 137 cm³/mol. The molecule has 0 bridgehead atoms. The van der Waals surface area contributed by atoms with Crippen molar-refractivity contribution < 1.29 is 14.8 Å². The SMILES string of the molecule is CCCN(CCC)Cc1ccc2cc(CNNC(=O)c3ccc(C(=O)NO)cc3)ccc2c1.Cl. The molecule has 4 N–H and O–H groups in total. The Balaban J connectivity index is 0.00000408. The minimum Gasteiger partial charge on any atom is -0.299 e. The van der Waals surface area contributed by atoms with Crippen molar-refractivity contribution >= 4 is 35.0 Å². The molecular formula is C26H33ClN4O3. The summed E-state index contributed by atoms with van der Waals surface area (Å²) < 4.78 is 0. The van der Waals surface area contributed by atoms with E-state index in [1.807, 2.05) is 0 Å². The molecule has 0 heterocycles. The minimum absolute atomic E-state index is 0. The molecular weight excluding hydrogens is 452 g/mol. The molecule has 182 valence electrons. The number of hydrogen-bond donors (Lipinski definition) is 4. The highest BCUT2D eigenvalue weighted by molar-refractivity contribution is 5.97. The Labute approximate surface area is 206 Å². The van der Waals surface area contributed by atoms with Crippen molar-refractivity contribution in [3.05, 3.63) is 82.9 Å². The summed E-state index contributed by atoms with van der Waals surface area (Å²) in [7, 11) is 0. The van der Waals surface area contributed by atoms with Gasteiger partial charge in [0.2, 0.25) is 0 Å². The van der Waals surface area contributed by atoms with Crippen molar-refractivity contribution in [3.8, 4) is 0 Å². The number of carbonyl (C=O) groups is 2. The van der Waals surface area contributed by atoms with Crippen LogP contribution in [0.1, 0.15) is 58.5 Å². The van der Waals surface area contributed by atoms with Crippen LogP contribution >= 0.6 is 12.4 Å². The van der Waals surface area contributed by atoms with Crippen molar-refractivity contribution in [2.24, 2.45) is 0 Å². The summed E-state index contributed by atoms with van der Waals surface area (Å²) in [6, 6.07) is 18.9. The molecule has 0 aliphatic heterocycles. The van der Waals surface area contributed by atoms with Gasteiger partial charge in [0.1, 0.15) is 0 Å². The third-order valence-electron chi connectivity index (χ3n) is 5.46. The molecule has 0 saturated heterocycles. The van der Waals surface area contributed by atoms with Gasteiger partial charge in [-0.1, -0.05) is 38.1 Å². The molecule has 0 aliphatic carbocycles. The second-order valence-corrected chi connectivity index (χ2v) is 8.12. The Kier molecular flexibility index (Phi) is 11.0. The molecule has 0 spiro atoms. The molecule has 0 radical (unpaired) electrons. The zero-order valence-electron chi connectivity index (χ0n) is 19.6. The second-order valence-electron chi connectivity index (χ2n) is 8.12. The second kappa shape index (κ2) is 13.7. The Hall–Kier alpha value is -2.97. The Bertz CT molecular complexity index is 1080. The van der Waals surface area contributed by atoms with Gasteiger partial charge in [0.15, 0.2) is 0 Å². The van der Waals surface area contributed by atoms with E-state index in [4.69, 9.17) is 5.21 Å². The van der Waals surface area contributed by atoms with Gasteiger partial charge < -0.3 is 0 Å².